The monoisotopic (exact) mass is 177 g/mol. The molecule has 0 amide bonds. The van der Waals surface area contributed by atoms with Crippen molar-refractivity contribution < 1.29 is 4.74 Å². The number of methoxy groups -OCH3 is 1. The van der Waals surface area contributed by atoms with Crippen LogP contribution in [0.4, 0.5) is 0 Å². The van der Waals surface area contributed by atoms with Crippen LogP contribution in [0.1, 0.15) is 20.8 Å². The Balaban J connectivity index is 3.81. The lowest BCUT2D eigenvalue weighted by Gasteiger charge is -2.30. The third kappa shape index (κ3) is 4.05. The Kier molecular flexibility index (Phi) is 6.12. The Morgan fingerprint density at radius 1 is 1.36 bits per heavy atom. The molecule has 0 aliphatic carbocycles. The van der Waals surface area contributed by atoms with Crippen molar-refractivity contribution in [3.63, 3.8) is 0 Å². The van der Waals surface area contributed by atoms with Crippen LogP contribution < -0.4 is 0 Å². The van der Waals surface area contributed by atoms with Gasteiger partial charge in [-0.05, 0) is 20.8 Å². The molecule has 2 atom stereocenters. The van der Waals surface area contributed by atoms with Crippen molar-refractivity contribution in [2.24, 2.45) is 0 Å². The van der Waals surface area contributed by atoms with Crippen LogP contribution in [0.2, 0.25) is 0 Å². The molecule has 0 fully saturated rings. The molecule has 2 unspecified atom stereocenters. The highest BCUT2D eigenvalue weighted by atomic mass is 31.0. The van der Waals surface area contributed by atoms with E-state index in [-0.39, 0.29) is 0 Å². The summed E-state index contributed by atoms with van der Waals surface area (Å²) in [6, 6.07) is 1.11. The molecule has 0 rings (SSSR count). The Morgan fingerprint density at radius 2 is 1.91 bits per heavy atom. The van der Waals surface area contributed by atoms with Crippen LogP contribution in [0.25, 0.3) is 0 Å². The van der Waals surface area contributed by atoms with Crippen LogP contribution in [-0.2, 0) is 4.74 Å². The lowest BCUT2D eigenvalue weighted by atomic mass is 10.2. The Hall–Kier alpha value is 0.350. The summed E-state index contributed by atoms with van der Waals surface area (Å²) in [4.78, 5) is 2.38. The third-order valence-corrected chi connectivity index (χ3v) is 2.27. The lowest BCUT2D eigenvalue weighted by Crippen LogP contribution is -2.40. The highest BCUT2D eigenvalue weighted by molar-refractivity contribution is 7.16. The van der Waals surface area contributed by atoms with Crippen LogP contribution >= 0.6 is 9.24 Å². The van der Waals surface area contributed by atoms with Gasteiger partial charge in [0, 0.05) is 25.5 Å². The molecule has 11 heavy (non-hydrogen) atoms. The van der Waals surface area contributed by atoms with Gasteiger partial charge in [-0.1, -0.05) is 0 Å². The van der Waals surface area contributed by atoms with E-state index in [1.807, 2.05) is 0 Å². The Bertz CT molecular complexity index is 98.1. The highest BCUT2D eigenvalue weighted by Crippen LogP contribution is 2.07. The number of hydrogen-bond donors (Lipinski definition) is 0. The van der Waals surface area contributed by atoms with Gasteiger partial charge in [0.25, 0.3) is 0 Å². The summed E-state index contributed by atoms with van der Waals surface area (Å²) in [6.45, 7) is 7.41. The summed E-state index contributed by atoms with van der Waals surface area (Å²) < 4.78 is 5.09. The number of ether oxygens (including phenoxy) is 1. The average Bonchev–Trinajstić information content (AvgIpc) is 1.88. The van der Waals surface area contributed by atoms with Gasteiger partial charge in [-0.3, -0.25) is 4.90 Å². The van der Waals surface area contributed by atoms with E-state index in [2.05, 4.69) is 34.9 Å². The zero-order valence-corrected chi connectivity index (χ0v) is 9.16. The first kappa shape index (κ1) is 11.4. The highest BCUT2D eigenvalue weighted by Gasteiger charge is 2.13. The standard InChI is InChI=1S/C8H20NOP/c1-7(2)9(6-11)8(3)5-10-4/h7-8H,5-6,11H2,1-4H3. The van der Waals surface area contributed by atoms with Crippen molar-refractivity contribution in [3.8, 4) is 0 Å². The van der Waals surface area contributed by atoms with Crippen molar-refractivity contribution in [3.05, 3.63) is 0 Å². The summed E-state index contributed by atoms with van der Waals surface area (Å²) in [5.41, 5.74) is 0. The molecule has 0 aromatic rings. The van der Waals surface area contributed by atoms with Crippen LogP contribution in [0.3, 0.4) is 0 Å². The topological polar surface area (TPSA) is 12.5 Å². The maximum atomic E-state index is 5.09. The molecular weight excluding hydrogens is 157 g/mol. The number of hydrogen-bond acceptors (Lipinski definition) is 2. The summed E-state index contributed by atoms with van der Waals surface area (Å²) in [6.07, 6.45) is 1.02. The zero-order chi connectivity index (χ0) is 8.85. The molecule has 2 nitrogen and oxygen atoms in total. The molecule has 0 bridgehead atoms. The van der Waals surface area contributed by atoms with Crippen LogP contribution in [0.5, 0.6) is 0 Å². The van der Waals surface area contributed by atoms with E-state index in [0.717, 1.165) is 12.9 Å². The van der Waals surface area contributed by atoms with E-state index in [1.54, 1.807) is 7.11 Å². The van der Waals surface area contributed by atoms with E-state index in [4.69, 9.17) is 4.74 Å². The van der Waals surface area contributed by atoms with E-state index in [0.29, 0.717) is 12.1 Å². The first-order valence-corrected chi connectivity index (χ1v) is 4.89. The van der Waals surface area contributed by atoms with Gasteiger partial charge in [0.2, 0.25) is 0 Å². The molecule has 0 saturated heterocycles. The predicted molar refractivity (Wildman–Crippen MR) is 52.9 cm³/mol. The fourth-order valence-corrected chi connectivity index (χ4v) is 2.02. The molecule has 0 radical (unpaired) electrons. The van der Waals surface area contributed by atoms with E-state index in [1.165, 1.54) is 0 Å². The average molecular weight is 177 g/mol. The summed E-state index contributed by atoms with van der Waals surface area (Å²) in [5.74, 6) is 0. The van der Waals surface area contributed by atoms with Gasteiger partial charge in [0.1, 0.15) is 0 Å². The fourth-order valence-electron chi connectivity index (χ4n) is 1.24. The first-order valence-electron chi connectivity index (χ1n) is 4.08. The third-order valence-electron chi connectivity index (χ3n) is 1.85. The molecule has 0 aliphatic rings. The van der Waals surface area contributed by atoms with Gasteiger partial charge >= 0.3 is 0 Å². The summed E-state index contributed by atoms with van der Waals surface area (Å²) in [7, 11) is 4.50. The van der Waals surface area contributed by atoms with Gasteiger partial charge in [0.05, 0.1) is 6.61 Å². The van der Waals surface area contributed by atoms with Crippen molar-refractivity contribution in [2.75, 3.05) is 20.0 Å². The molecule has 0 heterocycles. The molecule has 0 saturated carbocycles. The Labute approximate surface area is 72.5 Å². The minimum atomic E-state index is 0.512. The van der Waals surface area contributed by atoms with E-state index >= 15 is 0 Å². The van der Waals surface area contributed by atoms with Crippen LogP contribution in [-0.4, -0.2) is 37.0 Å². The molecule has 0 aromatic carbocycles. The Morgan fingerprint density at radius 3 is 2.18 bits per heavy atom. The van der Waals surface area contributed by atoms with Gasteiger partial charge < -0.3 is 4.74 Å². The number of nitrogens with zero attached hydrogens (tertiary/aromatic N) is 1. The van der Waals surface area contributed by atoms with Crippen molar-refractivity contribution in [1.82, 2.24) is 4.90 Å². The second-order valence-corrected chi connectivity index (χ2v) is 3.46. The SMILES string of the molecule is COCC(C)N(CP)C(C)C. The second kappa shape index (κ2) is 5.93. The molecular formula is C8H20NOP. The van der Waals surface area contributed by atoms with E-state index in [9.17, 15) is 0 Å². The smallest absolute Gasteiger partial charge is 0.0615 e. The van der Waals surface area contributed by atoms with Gasteiger partial charge in [-0.2, -0.15) is 0 Å². The van der Waals surface area contributed by atoms with Crippen molar-refractivity contribution in [1.29, 1.82) is 0 Å². The molecule has 0 spiro atoms. The first-order chi connectivity index (χ1) is 5.13. The van der Waals surface area contributed by atoms with E-state index < -0.39 is 0 Å². The molecule has 68 valence electrons. The zero-order valence-electron chi connectivity index (χ0n) is 8.00. The van der Waals surface area contributed by atoms with Gasteiger partial charge in [-0.15, -0.1) is 9.24 Å². The van der Waals surface area contributed by atoms with Crippen LogP contribution in [0, 0.1) is 0 Å². The fraction of sp³-hybridized carbons (Fsp3) is 1.00. The number of rotatable bonds is 5. The molecule has 0 aromatic heterocycles. The largest absolute Gasteiger partial charge is 0.383 e. The predicted octanol–water partition coefficient (Wildman–Crippen LogP) is 1.56. The molecule has 0 N–H and O–H groups in total. The molecule has 3 heteroatoms. The second-order valence-electron chi connectivity index (χ2n) is 3.09. The summed E-state index contributed by atoms with van der Waals surface area (Å²) >= 11 is 0. The normalized spacial score (nSPS) is 14.5. The van der Waals surface area contributed by atoms with Crippen LogP contribution in [0.15, 0.2) is 0 Å². The quantitative estimate of drug-likeness (QED) is 0.591. The maximum Gasteiger partial charge on any atom is 0.0615 e. The van der Waals surface area contributed by atoms with Gasteiger partial charge in [0.15, 0.2) is 0 Å². The minimum absolute atomic E-state index is 0.512. The van der Waals surface area contributed by atoms with Crippen molar-refractivity contribution >= 4 is 9.24 Å². The lowest BCUT2D eigenvalue weighted by molar-refractivity contribution is 0.0940. The maximum absolute atomic E-state index is 5.09. The van der Waals surface area contributed by atoms with Gasteiger partial charge in [-0.25, -0.2) is 0 Å². The minimum Gasteiger partial charge on any atom is -0.383 e. The summed E-state index contributed by atoms with van der Waals surface area (Å²) in [5, 5.41) is 0. The molecule has 0 aliphatic heterocycles. The van der Waals surface area contributed by atoms with Crippen molar-refractivity contribution in [2.45, 2.75) is 32.9 Å².